The summed E-state index contributed by atoms with van der Waals surface area (Å²) in [6.07, 6.45) is 6.77. The number of nitrogens with two attached hydrogens (primary N) is 1. The number of rotatable bonds is 5. The third kappa shape index (κ3) is 3.04. The molecule has 0 amide bonds. The summed E-state index contributed by atoms with van der Waals surface area (Å²) < 4.78 is 5.99. The van der Waals surface area contributed by atoms with Crippen LogP contribution in [-0.2, 0) is 4.74 Å². The topological polar surface area (TPSA) is 62.3 Å². The second-order valence-corrected chi connectivity index (χ2v) is 6.14. The molecule has 18 heavy (non-hydrogen) atoms. The summed E-state index contributed by atoms with van der Waals surface area (Å²) in [5, 5.41) is 7.39. The van der Waals surface area contributed by atoms with Gasteiger partial charge in [-0.2, -0.15) is 0 Å². The largest absolute Gasteiger partial charge is 0.388 e. The maximum absolute atomic E-state index is 7.39. The highest BCUT2D eigenvalue weighted by Gasteiger charge is 2.44. The molecular formula is C14H27N3O. The van der Waals surface area contributed by atoms with Gasteiger partial charge < -0.3 is 10.5 Å². The lowest BCUT2D eigenvalue weighted by atomic mass is 9.73. The van der Waals surface area contributed by atoms with E-state index in [0.717, 1.165) is 19.6 Å². The lowest BCUT2D eigenvalue weighted by molar-refractivity contribution is -0.150. The fourth-order valence-electron chi connectivity index (χ4n) is 3.32. The second-order valence-electron chi connectivity index (χ2n) is 6.14. The van der Waals surface area contributed by atoms with Crippen molar-refractivity contribution < 1.29 is 4.74 Å². The van der Waals surface area contributed by atoms with Crippen LogP contribution in [0.15, 0.2) is 0 Å². The fraction of sp³-hybridized carbons (Fsp3) is 0.929. The van der Waals surface area contributed by atoms with Gasteiger partial charge >= 0.3 is 0 Å². The minimum atomic E-state index is 0.201. The number of hydrogen-bond donors (Lipinski definition) is 2. The molecular weight excluding hydrogens is 226 g/mol. The van der Waals surface area contributed by atoms with E-state index in [1.54, 1.807) is 0 Å². The van der Waals surface area contributed by atoms with Crippen LogP contribution in [0.25, 0.3) is 0 Å². The van der Waals surface area contributed by atoms with Crippen molar-refractivity contribution in [2.45, 2.75) is 70.1 Å². The summed E-state index contributed by atoms with van der Waals surface area (Å²) in [7, 11) is 0. The Morgan fingerprint density at radius 3 is 2.72 bits per heavy atom. The average molecular weight is 253 g/mol. The summed E-state index contributed by atoms with van der Waals surface area (Å²) in [4.78, 5) is 2.52. The molecule has 1 spiro atoms. The van der Waals surface area contributed by atoms with E-state index in [-0.39, 0.29) is 5.60 Å². The lowest BCUT2D eigenvalue weighted by Gasteiger charge is -2.50. The predicted molar refractivity (Wildman–Crippen MR) is 73.9 cm³/mol. The zero-order valence-corrected chi connectivity index (χ0v) is 11.7. The molecule has 1 aliphatic heterocycles. The van der Waals surface area contributed by atoms with Gasteiger partial charge in [0.05, 0.1) is 11.4 Å². The average Bonchev–Trinajstić information content (AvgIpc) is 2.27. The van der Waals surface area contributed by atoms with Crippen LogP contribution < -0.4 is 5.73 Å². The first kappa shape index (κ1) is 13.8. The molecule has 2 rings (SSSR count). The molecule has 4 nitrogen and oxygen atoms in total. The van der Waals surface area contributed by atoms with Crippen molar-refractivity contribution in [1.29, 1.82) is 5.41 Å². The van der Waals surface area contributed by atoms with E-state index in [4.69, 9.17) is 15.9 Å². The molecule has 3 N–H and O–H groups in total. The van der Waals surface area contributed by atoms with Crippen LogP contribution in [0.5, 0.6) is 0 Å². The van der Waals surface area contributed by atoms with Crippen LogP contribution >= 0.6 is 0 Å². The predicted octanol–water partition coefficient (Wildman–Crippen LogP) is 2.12. The molecule has 1 aliphatic carbocycles. The Hall–Kier alpha value is -0.610. The van der Waals surface area contributed by atoms with E-state index in [1.807, 2.05) is 0 Å². The highest BCUT2D eigenvalue weighted by atomic mass is 16.5. The van der Waals surface area contributed by atoms with E-state index in [0.29, 0.717) is 24.3 Å². The molecule has 0 aromatic heterocycles. The highest BCUT2D eigenvalue weighted by Crippen LogP contribution is 2.43. The number of nitrogens with one attached hydrogen (secondary N) is 1. The van der Waals surface area contributed by atoms with E-state index in [2.05, 4.69) is 18.7 Å². The zero-order chi connectivity index (χ0) is 13.2. The molecule has 1 saturated carbocycles. The maximum Gasteiger partial charge on any atom is 0.0918 e. The third-order valence-electron chi connectivity index (χ3n) is 4.50. The van der Waals surface area contributed by atoms with E-state index in [9.17, 15) is 0 Å². The Balaban J connectivity index is 1.94. The maximum atomic E-state index is 7.39. The summed E-state index contributed by atoms with van der Waals surface area (Å²) in [6.45, 7) is 6.29. The first-order valence-corrected chi connectivity index (χ1v) is 7.25. The Morgan fingerprint density at radius 1 is 1.50 bits per heavy atom. The monoisotopic (exact) mass is 253 g/mol. The summed E-state index contributed by atoms with van der Waals surface area (Å²) in [6, 6.07) is 1.13. The van der Waals surface area contributed by atoms with E-state index in [1.165, 1.54) is 25.7 Å². The van der Waals surface area contributed by atoms with E-state index >= 15 is 0 Å². The second kappa shape index (κ2) is 5.57. The molecule has 1 saturated heterocycles. The molecule has 0 aromatic rings. The van der Waals surface area contributed by atoms with Crippen LogP contribution in [0.3, 0.4) is 0 Å². The van der Waals surface area contributed by atoms with E-state index < -0.39 is 0 Å². The van der Waals surface area contributed by atoms with Crippen molar-refractivity contribution in [3.63, 3.8) is 0 Å². The zero-order valence-electron chi connectivity index (χ0n) is 11.7. The van der Waals surface area contributed by atoms with Crippen molar-refractivity contribution in [2.24, 2.45) is 5.73 Å². The van der Waals surface area contributed by atoms with Gasteiger partial charge in [0.1, 0.15) is 0 Å². The molecule has 0 bridgehead atoms. The lowest BCUT2D eigenvalue weighted by Crippen LogP contribution is -2.54. The molecule has 2 fully saturated rings. The van der Waals surface area contributed by atoms with Gasteiger partial charge in [-0.05, 0) is 46.0 Å². The standard InChI is InChI=1S/C14H27N3O/c1-11(2)17(8-4-13(15)16)12-5-9-18-14(10-12)6-3-7-14/h11-12H,3-10H2,1-2H3,(H3,15,16). The number of amidine groups is 1. The normalized spacial score (nSPS) is 26.6. The van der Waals surface area contributed by atoms with Crippen molar-refractivity contribution in [2.75, 3.05) is 13.2 Å². The minimum Gasteiger partial charge on any atom is -0.388 e. The van der Waals surface area contributed by atoms with Gasteiger partial charge in [-0.3, -0.25) is 10.3 Å². The van der Waals surface area contributed by atoms with Crippen molar-refractivity contribution in [3.8, 4) is 0 Å². The van der Waals surface area contributed by atoms with Crippen molar-refractivity contribution in [1.82, 2.24) is 4.90 Å². The highest BCUT2D eigenvalue weighted by molar-refractivity contribution is 5.76. The van der Waals surface area contributed by atoms with Gasteiger partial charge in [0, 0.05) is 31.7 Å². The van der Waals surface area contributed by atoms with Gasteiger partial charge in [-0.1, -0.05) is 0 Å². The number of nitrogens with zero attached hydrogens (tertiary/aromatic N) is 1. The Kier molecular flexibility index (Phi) is 4.28. The number of hydrogen-bond acceptors (Lipinski definition) is 3. The van der Waals surface area contributed by atoms with Crippen molar-refractivity contribution in [3.05, 3.63) is 0 Å². The molecule has 1 atom stereocenters. The Morgan fingerprint density at radius 2 is 2.22 bits per heavy atom. The molecule has 1 heterocycles. The van der Waals surface area contributed by atoms with Gasteiger partial charge in [-0.25, -0.2) is 0 Å². The summed E-state index contributed by atoms with van der Waals surface area (Å²) >= 11 is 0. The molecule has 0 aromatic carbocycles. The quantitative estimate of drug-likeness (QED) is 0.583. The van der Waals surface area contributed by atoms with Crippen LogP contribution in [0.1, 0.15) is 52.4 Å². The smallest absolute Gasteiger partial charge is 0.0918 e. The molecule has 0 radical (unpaired) electrons. The first-order chi connectivity index (χ1) is 8.52. The first-order valence-electron chi connectivity index (χ1n) is 7.25. The molecule has 4 heteroatoms. The van der Waals surface area contributed by atoms with Crippen molar-refractivity contribution >= 4 is 5.84 Å². The van der Waals surface area contributed by atoms with Gasteiger partial charge in [0.2, 0.25) is 0 Å². The van der Waals surface area contributed by atoms with Crippen LogP contribution in [-0.4, -0.2) is 41.6 Å². The summed E-state index contributed by atoms with van der Waals surface area (Å²) in [5.74, 6) is 0.297. The third-order valence-corrected chi connectivity index (χ3v) is 4.50. The summed E-state index contributed by atoms with van der Waals surface area (Å²) in [5.41, 5.74) is 5.69. The fourth-order valence-corrected chi connectivity index (χ4v) is 3.32. The Labute approximate surface area is 110 Å². The number of ether oxygens (including phenoxy) is 1. The van der Waals surface area contributed by atoms with Gasteiger partial charge in [0.25, 0.3) is 0 Å². The minimum absolute atomic E-state index is 0.201. The SMILES string of the molecule is CC(C)N(CCC(=N)N)C1CCOC2(CCC2)C1. The Bertz CT molecular complexity index is 299. The molecule has 104 valence electrons. The van der Waals surface area contributed by atoms with Crippen LogP contribution in [0.4, 0.5) is 0 Å². The van der Waals surface area contributed by atoms with Gasteiger partial charge in [-0.15, -0.1) is 0 Å². The van der Waals surface area contributed by atoms with Crippen LogP contribution in [0, 0.1) is 5.41 Å². The molecule has 2 aliphatic rings. The van der Waals surface area contributed by atoms with Crippen LogP contribution in [0.2, 0.25) is 0 Å². The molecule has 1 unspecified atom stereocenters. The van der Waals surface area contributed by atoms with Gasteiger partial charge in [0.15, 0.2) is 0 Å².